The van der Waals surface area contributed by atoms with E-state index in [2.05, 4.69) is 74.1 Å². The second kappa shape index (κ2) is 40.9. The molecule has 0 fully saturated rings. The summed E-state index contributed by atoms with van der Waals surface area (Å²) >= 11 is 0. The molecule has 0 heterocycles. The summed E-state index contributed by atoms with van der Waals surface area (Å²) in [6.45, 7) is 28.5. The predicted octanol–water partition coefficient (Wildman–Crippen LogP) is 11.6. The number of rotatable bonds is 45. The Bertz CT molecular complexity index is 880. The molecule has 0 aromatic carbocycles. The standard InChI is InChI=1S/C50H101NO9/c1-41(2)19-17-21-45(9)27-37-59-50(60-38-28-46(10)22-18-20-42(3)4)30-40-56-48(54)24-14-12-16-32-51(33-34-52)31-15-11-13-23-47(53)55-39-29-49(57-35-25-43(5)6)58-36-26-44(7)8/h41-47,49-50,52-53H,11-40H2,1-10H3. The molecule has 10 nitrogen and oxygen atoms in total. The Balaban J connectivity index is 4.39. The summed E-state index contributed by atoms with van der Waals surface area (Å²) in [6.07, 6.45) is 17.9. The van der Waals surface area contributed by atoms with E-state index in [0.717, 1.165) is 89.1 Å². The Kier molecular flexibility index (Phi) is 40.3. The van der Waals surface area contributed by atoms with Crippen molar-refractivity contribution >= 4 is 5.97 Å². The normalized spacial score (nSPS) is 14.4. The molecule has 0 saturated heterocycles. The van der Waals surface area contributed by atoms with Gasteiger partial charge >= 0.3 is 5.97 Å². The van der Waals surface area contributed by atoms with Crippen LogP contribution < -0.4 is 0 Å². The molecule has 0 radical (unpaired) electrons. The number of hydrogen-bond acceptors (Lipinski definition) is 10. The number of carbonyl (C=O) groups excluding carboxylic acids is 1. The zero-order valence-corrected chi connectivity index (χ0v) is 41.1. The van der Waals surface area contributed by atoms with Crippen LogP contribution in [0.1, 0.15) is 198 Å². The van der Waals surface area contributed by atoms with E-state index in [-0.39, 0.29) is 25.2 Å². The highest BCUT2D eigenvalue weighted by Crippen LogP contribution is 2.19. The molecule has 3 atom stereocenters. The zero-order valence-electron chi connectivity index (χ0n) is 41.1. The van der Waals surface area contributed by atoms with E-state index in [1.54, 1.807) is 0 Å². The van der Waals surface area contributed by atoms with Crippen LogP contribution in [0.5, 0.6) is 0 Å². The van der Waals surface area contributed by atoms with E-state index in [9.17, 15) is 15.0 Å². The van der Waals surface area contributed by atoms with Crippen LogP contribution in [-0.2, 0) is 33.2 Å². The van der Waals surface area contributed by atoms with Gasteiger partial charge in [0, 0.05) is 52.2 Å². The topological polar surface area (TPSA) is 116 Å². The molecule has 3 unspecified atom stereocenters. The first kappa shape index (κ1) is 59.1. The molecule has 10 heteroatoms. The molecule has 0 rings (SSSR count). The fourth-order valence-corrected chi connectivity index (χ4v) is 6.95. The lowest BCUT2D eigenvalue weighted by Gasteiger charge is -2.22. The average molecular weight is 860 g/mol. The number of esters is 1. The molecule has 0 aliphatic carbocycles. The number of aliphatic hydroxyl groups is 2. The lowest BCUT2D eigenvalue weighted by atomic mass is 9.97. The molecule has 0 aliphatic rings. The third kappa shape index (κ3) is 41.2. The third-order valence-electron chi connectivity index (χ3n) is 11.3. The van der Waals surface area contributed by atoms with Gasteiger partial charge in [-0.3, -0.25) is 4.79 Å². The van der Waals surface area contributed by atoms with Crippen LogP contribution in [-0.4, -0.2) is 106 Å². The maximum Gasteiger partial charge on any atom is 0.305 e. The van der Waals surface area contributed by atoms with Crippen molar-refractivity contribution in [3.8, 4) is 0 Å². The first-order valence-electron chi connectivity index (χ1n) is 25.0. The average Bonchev–Trinajstić information content (AvgIpc) is 3.16. The summed E-state index contributed by atoms with van der Waals surface area (Å²) in [4.78, 5) is 14.9. The lowest BCUT2D eigenvalue weighted by Crippen LogP contribution is -2.29. The summed E-state index contributed by atoms with van der Waals surface area (Å²) in [7, 11) is 0. The van der Waals surface area contributed by atoms with Gasteiger partial charge in [-0.15, -0.1) is 0 Å². The summed E-state index contributed by atoms with van der Waals surface area (Å²) in [5.74, 6) is 3.75. The fraction of sp³-hybridized carbons (Fsp3) is 0.980. The minimum atomic E-state index is -0.786. The van der Waals surface area contributed by atoms with Gasteiger partial charge in [-0.25, -0.2) is 0 Å². The van der Waals surface area contributed by atoms with Crippen molar-refractivity contribution in [1.29, 1.82) is 0 Å². The molecule has 0 amide bonds. The number of carbonyl (C=O) groups is 1. The highest BCUT2D eigenvalue weighted by Gasteiger charge is 2.16. The van der Waals surface area contributed by atoms with Gasteiger partial charge < -0.3 is 43.5 Å². The molecular formula is C50H101NO9. The van der Waals surface area contributed by atoms with Gasteiger partial charge in [-0.1, -0.05) is 121 Å². The number of ether oxygens (including phenoxy) is 6. The molecule has 60 heavy (non-hydrogen) atoms. The molecule has 360 valence electrons. The maximum atomic E-state index is 12.6. The van der Waals surface area contributed by atoms with Crippen LogP contribution in [0.4, 0.5) is 0 Å². The van der Waals surface area contributed by atoms with Crippen LogP contribution in [0.25, 0.3) is 0 Å². The maximum absolute atomic E-state index is 12.6. The number of unbranched alkanes of at least 4 members (excludes halogenated alkanes) is 4. The molecule has 0 spiro atoms. The van der Waals surface area contributed by atoms with Gasteiger partial charge in [-0.05, 0) is 106 Å². The van der Waals surface area contributed by atoms with E-state index in [1.807, 2.05) is 0 Å². The van der Waals surface area contributed by atoms with E-state index >= 15 is 0 Å². The van der Waals surface area contributed by atoms with Gasteiger partial charge in [0.05, 0.1) is 19.8 Å². The second-order valence-corrected chi connectivity index (χ2v) is 19.5. The summed E-state index contributed by atoms with van der Waals surface area (Å²) in [6, 6.07) is 0. The molecule has 0 aliphatic heterocycles. The summed E-state index contributed by atoms with van der Waals surface area (Å²) in [5.41, 5.74) is 0. The van der Waals surface area contributed by atoms with Crippen molar-refractivity contribution in [3.63, 3.8) is 0 Å². The van der Waals surface area contributed by atoms with Crippen molar-refractivity contribution in [2.75, 3.05) is 65.9 Å². The van der Waals surface area contributed by atoms with Crippen molar-refractivity contribution in [2.24, 2.45) is 35.5 Å². The Morgan fingerprint density at radius 1 is 0.433 bits per heavy atom. The first-order chi connectivity index (χ1) is 28.7. The quantitative estimate of drug-likeness (QED) is 0.0348. The predicted molar refractivity (Wildman–Crippen MR) is 248 cm³/mol. The minimum Gasteiger partial charge on any atom is -0.465 e. The fourth-order valence-electron chi connectivity index (χ4n) is 6.95. The Morgan fingerprint density at radius 2 is 0.867 bits per heavy atom. The minimum absolute atomic E-state index is 0.130. The number of hydrogen-bond donors (Lipinski definition) is 2. The van der Waals surface area contributed by atoms with Crippen LogP contribution in [0.2, 0.25) is 0 Å². The van der Waals surface area contributed by atoms with Crippen LogP contribution in [0.15, 0.2) is 0 Å². The van der Waals surface area contributed by atoms with Crippen LogP contribution >= 0.6 is 0 Å². The van der Waals surface area contributed by atoms with Crippen molar-refractivity contribution in [3.05, 3.63) is 0 Å². The summed E-state index contributed by atoms with van der Waals surface area (Å²) < 4.78 is 35.7. The Labute approximate surface area is 371 Å². The Hall–Kier alpha value is -0.850. The second-order valence-electron chi connectivity index (χ2n) is 19.5. The lowest BCUT2D eigenvalue weighted by molar-refractivity contribution is -0.171. The van der Waals surface area contributed by atoms with Crippen LogP contribution in [0, 0.1) is 35.5 Å². The first-order valence-corrected chi connectivity index (χ1v) is 25.0. The molecule has 2 N–H and O–H groups in total. The molecule has 0 aromatic rings. The highest BCUT2D eigenvalue weighted by molar-refractivity contribution is 5.69. The van der Waals surface area contributed by atoms with Crippen molar-refractivity contribution in [1.82, 2.24) is 4.90 Å². The molecule has 0 bridgehead atoms. The van der Waals surface area contributed by atoms with E-state index in [1.165, 1.54) is 38.5 Å². The van der Waals surface area contributed by atoms with E-state index in [0.29, 0.717) is 95.5 Å². The molecular weight excluding hydrogens is 759 g/mol. The van der Waals surface area contributed by atoms with Crippen molar-refractivity contribution in [2.45, 2.75) is 217 Å². The van der Waals surface area contributed by atoms with Gasteiger partial charge in [0.2, 0.25) is 0 Å². The number of aliphatic hydroxyl groups excluding tert-OH is 2. The summed E-state index contributed by atoms with van der Waals surface area (Å²) in [5, 5.41) is 20.0. The molecule has 0 saturated carbocycles. The van der Waals surface area contributed by atoms with E-state index in [4.69, 9.17) is 28.4 Å². The Morgan fingerprint density at radius 3 is 1.33 bits per heavy atom. The van der Waals surface area contributed by atoms with E-state index < -0.39 is 6.29 Å². The van der Waals surface area contributed by atoms with Gasteiger partial charge in [0.25, 0.3) is 0 Å². The number of nitrogens with zero attached hydrogens (tertiary/aromatic N) is 1. The monoisotopic (exact) mass is 860 g/mol. The van der Waals surface area contributed by atoms with Gasteiger partial charge in [0.15, 0.2) is 18.9 Å². The SMILES string of the molecule is CC(C)CCCC(C)CCOC(CCOC(=O)CCCCCN(CCO)CCCCCC(O)OCCC(OCCC(C)C)OCCC(C)C)OCCC(C)CCCC(C)C. The van der Waals surface area contributed by atoms with Gasteiger partial charge in [0.1, 0.15) is 0 Å². The largest absolute Gasteiger partial charge is 0.465 e. The third-order valence-corrected chi connectivity index (χ3v) is 11.3. The van der Waals surface area contributed by atoms with Crippen molar-refractivity contribution < 1.29 is 43.4 Å². The van der Waals surface area contributed by atoms with Crippen LogP contribution in [0.3, 0.4) is 0 Å². The highest BCUT2D eigenvalue weighted by atomic mass is 16.7. The zero-order chi connectivity index (χ0) is 44.8. The smallest absolute Gasteiger partial charge is 0.305 e. The molecule has 0 aromatic heterocycles. The van der Waals surface area contributed by atoms with Gasteiger partial charge in [-0.2, -0.15) is 0 Å².